The highest BCUT2D eigenvalue weighted by Gasteiger charge is 2.15. The average Bonchev–Trinajstić information content (AvgIpc) is 2.61. The third kappa shape index (κ3) is 5.30. The molecule has 0 aliphatic heterocycles. The summed E-state index contributed by atoms with van der Waals surface area (Å²) in [6, 6.07) is 9.23. The van der Waals surface area contributed by atoms with Gasteiger partial charge in [0.15, 0.2) is 16.8 Å². The van der Waals surface area contributed by atoms with E-state index in [0.29, 0.717) is 0 Å². The highest BCUT2D eigenvalue weighted by molar-refractivity contribution is 6.32. The number of benzene rings is 1. The predicted octanol–water partition coefficient (Wildman–Crippen LogP) is 0.732. The lowest BCUT2D eigenvalue weighted by atomic mass is 10.2. The number of rotatable bonds is 7. The molecule has 1 aromatic heterocycles. The van der Waals surface area contributed by atoms with Crippen molar-refractivity contribution in [2.75, 3.05) is 24.3 Å². The third-order valence-electron chi connectivity index (χ3n) is 3.02. The van der Waals surface area contributed by atoms with Gasteiger partial charge in [0.2, 0.25) is 0 Å². The molecule has 2 aromatic rings. The molecular formula is C15H17ClN6O3. The van der Waals surface area contributed by atoms with Crippen LogP contribution < -0.4 is 16.4 Å². The highest BCUT2D eigenvalue weighted by atomic mass is 35.5. The number of aliphatic hydroxyl groups is 1. The number of carbonyl (C=O) groups excluding carboxylic acids is 1. The van der Waals surface area contributed by atoms with Crippen LogP contribution in [0.3, 0.4) is 0 Å². The number of ether oxygens (including phenoxy) is 1. The summed E-state index contributed by atoms with van der Waals surface area (Å²) in [6.07, 6.45) is 0. The van der Waals surface area contributed by atoms with Crippen molar-refractivity contribution in [3.05, 3.63) is 46.7 Å². The van der Waals surface area contributed by atoms with Crippen molar-refractivity contribution in [1.29, 1.82) is 5.41 Å². The first kappa shape index (κ1) is 18.4. The summed E-state index contributed by atoms with van der Waals surface area (Å²) in [7, 11) is 0. The fourth-order valence-corrected chi connectivity index (χ4v) is 2.03. The van der Waals surface area contributed by atoms with Crippen LogP contribution in [0.5, 0.6) is 0 Å². The third-order valence-corrected chi connectivity index (χ3v) is 3.28. The van der Waals surface area contributed by atoms with Gasteiger partial charge in [-0.3, -0.25) is 10.2 Å². The van der Waals surface area contributed by atoms with Gasteiger partial charge in [0.05, 0.1) is 0 Å². The highest BCUT2D eigenvalue weighted by Crippen LogP contribution is 2.20. The van der Waals surface area contributed by atoms with Gasteiger partial charge in [-0.05, 0) is 5.56 Å². The van der Waals surface area contributed by atoms with Gasteiger partial charge in [0.25, 0.3) is 0 Å². The Morgan fingerprint density at radius 1 is 1.32 bits per heavy atom. The number of nitrogen functional groups attached to an aromatic ring is 1. The van der Waals surface area contributed by atoms with Crippen LogP contribution >= 0.6 is 11.6 Å². The maximum atomic E-state index is 11.7. The molecular weight excluding hydrogens is 348 g/mol. The van der Waals surface area contributed by atoms with E-state index in [4.69, 9.17) is 32.6 Å². The molecule has 2 rings (SSSR count). The lowest BCUT2D eigenvalue weighted by molar-refractivity contribution is -0.143. The number of aliphatic hydroxyl groups excluding tert-OH is 1. The van der Waals surface area contributed by atoms with Gasteiger partial charge in [-0.15, -0.1) is 0 Å². The number of nitrogens with zero attached hydrogens (tertiary/aromatic N) is 2. The van der Waals surface area contributed by atoms with Gasteiger partial charge in [0.1, 0.15) is 31.4 Å². The van der Waals surface area contributed by atoms with Crippen LogP contribution in [0.4, 0.5) is 11.6 Å². The fraction of sp³-hybridized carbons (Fsp3) is 0.200. The summed E-state index contributed by atoms with van der Waals surface area (Å²) in [6.45, 7) is -0.485. The number of hydrogen-bond donors (Lipinski definition) is 5. The van der Waals surface area contributed by atoms with Crippen molar-refractivity contribution in [2.45, 2.75) is 6.61 Å². The summed E-state index contributed by atoms with van der Waals surface area (Å²) >= 11 is 5.89. The SMILES string of the molecule is N=C(NCC(=O)OCc1ccccc1)c1nc(Cl)c(NCO)nc1N. The largest absolute Gasteiger partial charge is 0.460 e. The molecule has 0 fully saturated rings. The Morgan fingerprint density at radius 3 is 2.72 bits per heavy atom. The van der Waals surface area contributed by atoms with E-state index in [1.54, 1.807) is 0 Å². The van der Waals surface area contributed by atoms with Crippen LogP contribution in [0.1, 0.15) is 11.3 Å². The zero-order chi connectivity index (χ0) is 18.2. The molecule has 0 saturated carbocycles. The Morgan fingerprint density at radius 2 is 2.04 bits per heavy atom. The number of nitrogens with one attached hydrogen (secondary N) is 3. The van der Waals surface area contributed by atoms with Crippen LogP contribution in [0, 0.1) is 5.41 Å². The Hall–Kier alpha value is -2.91. The summed E-state index contributed by atoms with van der Waals surface area (Å²) in [4.78, 5) is 19.6. The first-order chi connectivity index (χ1) is 12.0. The number of anilines is 2. The summed E-state index contributed by atoms with van der Waals surface area (Å²) in [5, 5.41) is 21.7. The molecule has 0 spiro atoms. The minimum absolute atomic E-state index is 0.00986. The first-order valence-electron chi connectivity index (χ1n) is 7.21. The number of halogens is 1. The number of esters is 1. The van der Waals surface area contributed by atoms with Crippen LogP contribution in [-0.4, -0.2) is 40.2 Å². The number of amidine groups is 1. The minimum atomic E-state index is -0.537. The van der Waals surface area contributed by atoms with E-state index < -0.39 is 12.7 Å². The van der Waals surface area contributed by atoms with Crippen molar-refractivity contribution in [3.63, 3.8) is 0 Å². The predicted molar refractivity (Wildman–Crippen MR) is 93.2 cm³/mol. The second-order valence-electron chi connectivity index (χ2n) is 4.81. The van der Waals surface area contributed by atoms with Crippen LogP contribution in [0.25, 0.3) is 0 Å². The first-order valence-corrected chi connectivity index (χ1v) is 7.59. The minimum Gasteiger partial charge on any atom is -0.460 e. The Balaban J connectivity index is 1.89. The van der Waals surface area contributed by atoms with Crippen molar-refractivity contribution < 1.29 is 14.6 Å². The number of aromatic nitrogens is 2. The second kappa shape index (κ2) is 8.81. The molecule has 0 atom stereocenters. The average molecular weight is 365 g/mol. The Bertz CT molecular complexity index is 756. The van der Waals surface area contributed by atoms with Gasteiger partial charge in [-0.1, -0.05) is 41.9 Å². The molecule has 1 aromatic carbocycles. The Kier molecular flexibility index (Phi) is 6.49. The number of carbonyl (C=O) groups is 1. The Labute approximate surface area is 148 Å². The van der Waals surface area contributed by atoms with E-state index in [0.717, 1.165) is 5.56 Å². The molecule has 0 amide bonds. The van der Waals surface area contributed by atoms with Gasteiger partial charge >= 0.3 is 5.97 Å². The zero-order valence-electron chi connectivity index (χ0n) is 13.1. The van der Waals surface area contributed by atoms with E-state index in [-0.39, 0.29) is 41.5 Å². The number of hydrogen-bond acceptors (Lipinski definition) is 8. The van der Waals surface area contributed by atoms with Gasteiger partial charge in [0, 0.05) is 0 Å². The van der Waals surface area contributed by atoms with E-state index >= 15 is 0 Å². The fourth-order valence-electron chi connectivity index (χ4n) is 1.83. The van der Waals surface area contributed by atoms with E-state index in [2.05, 4.69) is 20.6 Å². The van der Waals surface area contributed by atoms with Crippen LogP contribution in [0.2, 0.25) is 5.15 Å². The molecule has 0 radical (unpaired) electrons. The van der Waals surface area contributed by atoms with E-state index in [1.165, 1.54) is 0 Å². The van der Waals surface area contributed by atoms with Crippen molar-refractivity contribution >= 4 is 35.0 Å². The molecule has 9 nitrogen and oxygen atoms in total. The van der Waals surface area contributed by atoms with E-state index in [9.17, 15) is 4.79 Å². The van der Waals surface area contributed by atoms with Gasteiger partial charge in [-0.2, -0.15) is 0 Å². The molecule has 0 aliphatic carbocycles. The molecule has 1 heterocycles. The molecule has 132 valence electrons. The second-order valence-corrected chi connectivity index (χ2v) is 5.16. The molecule has 10 heteroatoms. The maximum absolute atomic E-state index is 11.7. The van der Waals surface area contributed by atoms with Gasteiger partial charge in [-0.25, -0.2) is 9.97 Å². The van der Waals surface area contributed by atoms with Gasteiger partial charge < -0.3 is 26.2 Å². The standard InChI is InChI=1S/C15H17ClN6O3/c16-12-15(20-8-23)22-14(18)11(21-12)13(17)19-6-10(24)25-7-9-4-2-1-3-5-9/h1-5,23H,6-8H2,(H2,17,19)(H3,18,20,22). The summed E-state index contributed by atoms with van der Waals surface area (Å²) < 4.78 is 5.09. The molecule has 0 bridgehead atoms. The lowest BCUT2D eigenvalue weighted by Crippen LogP contribution is -2.32. The van der Waals surface area contributed by atoms with Crippen LogP contribution in [-0.2, 0) is 16.1 Å². The maximum Gasteiger partial charge on any atom is 0.325 e. The van der Waals surface area contributed by atoms with Crippen molar-refractivity contribution in [3.8, 4) is 0 Å². The normalized spacial score (nSPS) is 10.2. The molecule has 0 unspecified atom stereocenters. The monoisotopic (exact) mass is 364 g/mol. The van der Waals surface area contributed by atoms with Crippen molar-refractivity contribution in [1.82, 2.24) is 15.3 Å². The molecule has 0 aliphatic rings. The summed E-state index contributed by atoms with van der Waals surface area (Å²) in [5.41, 5.74) is 6.56. The zero-order valence-corrected chi connectivity index (χ0v) is 13.9. The summed E-state index contributed by atoms with van der Waals surface area (Å²) in [5.74, 6) is -0.736. The topological polar surface area (TPSA) is 146 Å². The molecule has 6 N–H and O–H groups in total. The number of nitrogens with two attached hydrogens (primary N) is 1. The van der Waals surface area contributed by atoms with Crippen LogP contribution in [0.15, 0.2) is 30.3 Å². The van der Waals surface area contributed by atoms with Crippen molar-refractivity contribution in [2.24, 2.45) is 0 Å². The lowest BCUT2D eigenvalue weighted by Gasteiger charge is -2.11. The molecule has 25 heavy (non-hydrogen) atoms. The van der Waals surface area contributed by atoms with E-state index in [1.807, 2.05) is 30.3 Å². The molecule has 0 saturated heterocycles. The smallest absolute Gasteiger partial charge is 0.325 e. The quantitative estimate of drug-likeness (QED) is 0.209.